The van der Waals surface area contributed by atoms with Gasteiger partial charge in [-0.15, -0.1) is 11.8 Å². The van der Waals surface area contributed by atoms with Crippen LogP contribution in [0.5, 0.6) is 5.75 Å². The summed E-state index contributed by atoms with van der Waals surface area (Å²) in [7, 11) is -2.74. The van der Waals surface area contributed by atoms with Crippen molar-refractivity contribution in [2.75, 3.05) is 7.11 Å². The summed E-state index contributed by atoms with van der Waals surface area (Å²) >= 11 is 1.53. The van der Waals surface area contributed by atoms with E-state index in [1.165, 1.54) is 41.9 Å². The number of carbonyl (C=O) groups excluding carboxylic acids is 2. The minimum atomic E-state index is -4.24. The van der Waals surface area contributed by atoms with Crippen molar-refractivity contribution in [3.63, 3.8) is 0 Å². The molecule has 1 N–H and O–H groups in total. The number of fused-ring (bicyclic) bond motifs is 1. The lowest BCUT2D eigenvalue weighted by atomic mass is 9.84. The molecule has 6 aromatic rings. The molecule has 252 valence electrons. The first-order valence-electron chi connectivity index (χ1n) is 16.1. The van der Waals surface area contributed by atoms with Gasteiger partial charge in [-0.25, -0.2) is 12.4 Å². The van der Waals surface area contributed by atoms with E-state index in [1.807, 2.05) is 54.6 Å². The molecule has 1 aliphatic rings. The number of thioether (sulfide) groups is 1. The van der Waals surface area contributed by atoms with Crippen LogP contribution in [-0.2, 0) is 29.1 Å². The quantitative estimate of drug-likeness (QED) is 0.0860. The predicted octanol–water partition coefficient (Wildman–Crippen LogP) is 7.29. The first kappa shape index (κ1) is 33.2. The number of hydrogen-bond donors (Lipinski definition) is 1. The monoisotopic (exact) mass is 702 g/mol. The second-order valence-electron chi connectivity index (χ2n) is 12.0. The molecule has 8 nitrogen and oxygen atoms in total. The Balaban J connectivity index is 1.39. The van der Waals surface area contributed by atoms with E-state index in [0.717, 1.165) is 16.7 Å². The lowest BCUT2D eigenvalue weighted by Crippen LogP contribution is -2.60. The van der Waals surface area contributed by atoms with Gasteiger partial charge < -0.3 is 14.8 Å². The number of carbonyl (C=O) groups is 2. The summed E-state index contributed by atoms with van der Waals surface area (Å²) in [6, 6.07) is 45.0. The van der Waals surface area contributed by atoms with E-state index < -0.39 is 38.1 Å². The lowest BCUT2D eigenvalue weighted by Gasteiger charge is -2.46. The third kappa shape index (κ3) is 5.84. The second kappa shape index (κ2) is 13.5. The van der Waals surface area contributed by atoms with Gasteiger partial charge in [0.15, 0.2) is 6.10 Å². The van der Waals surface area contributed by atoms with Crippen LogP contribution in [0, 0.1) is 5.92 Å². The first-order valence-corrected chi connectivity index (χ1v) is 18.4. The topological polar surface area (TPSA) is 104 Å². The van der Waals surface area contributed by atoms with Gasteiger partial charge in [-0.05, 0) is 53.1 Å². The Hall–Kier alpha value is -5.32. The second-order valence-corrected chi connectivity index (χ2v) is 15.1. The van der Waals surface area contributed by atoms with Crippen molar-refractivity contribution in [3.8, 4) is 5.75 Å². The van der Waals surface area contributed by atoms with Crippen LogP contribution in [0.15, 0.2) is 150 Å². The number of ether oxygens (including phenoxy) is 2. The average molecular weight is 703 g/mol. The highest BCUT2D eigenvalue weighted by molar-refractivity contribution is 8.01. The first-order chi connectivity index (χ1) is 24.2. The minimum Gasteiger partial charge on any atom is -0.497 e. The number of amides is 1. The molecule has 10 heteroatoms. The highest BCUT2D eigenvalue weighted by Gasteiger charge is 2.53. The molecule has 5 aromatic carbocycles. The highest BCUT2D eigenvalue weighted by atomic mass is 32.2. The molecular formula is C40H34N2O6S2. The molecule has 3 atom stereocenters. The predicted molar refractivity (Wildman–Crippen MR) is 194 cm³/mol. The number of rotatable bonds is 11. The molecule has 1 saturated heterocycles. The fourth-order valence-electron chi connectivity index (χ4n) is 6.65. The number of hydrogen-bond acceptors (Lipinski definition) is 7. The smallest absolute Gasteiger partial charge is 0.303 e. The molecule has 0 radical (unpaired) electrons. The van der Waals surface area contributed by atoms with Crippen molar-refractivity contribution >= 4 is 44.6 Å². The average Bonchev–Trinajstić information content (AvgIpc) is 3.55. The van der Waals surface area contributed by atoms with E-state index in [1.54, 1.807) is 42.5 Å². The summed E-state index contributed by atoms with van der Waals surface area (Å²) in [4.78, 5) is 26.6. The van der Waals surface area contributed by atoms with Gasteiger partial charge in [0.05, 0.1) is 33.3 Å². The van der Waals surface area contributed by atoms with Crippen LogP contribution in [-0.4, -0.2) is 36.8 Å². The van der Waals surface area contributed by atoms with Gasteiger partial charge in [-0.3, -0.25) is 9.59 Å². The Morgan fingerprint density at radius 2 is 1.30 bits per heavy atom. The summed E-state index contributed by atoms with van der Waals surface area (Å²) in [5, 5.41) is 3.10. The Morgan fingerprint density at radius 3 is 1.80 bits per heavy atom. The fraction of sp³-hybridized carbons (Fsp3) is 0.150. The van der Waals surface area contributed by atoms with Crippen LogP contribution < -0.4 is 10.1 Å². The van der Waals surface area contributed by atoms with Crippen molar-refractivity contribution < 1.29 is 27.5 Å². The third-order valence-electron chi connectivity index (χ3n) is 8.96. The maximum absolute atomic E-state index is 14.5. The van der Waals surface area contributed by atoms with Crippen LogP contribution in [0.2, 0.25) is 0 Å². The van der Waals surface area contributed by atoms with E-state index in [-0.39, 0.29) is 16.5 Å². The molecule has 0 spiro atoms. The summed E-state index contributed by atoms with van der Waals surface area (Å²) in [5.41, 5.74) is 3.53. The molecule has 0 saturated carbocycles. The Morgan fingerprint density at radius 1 is 0.780 bits per heavy atom. The number of esters is 1. The summed E-state index contributed by atoms with van der Waals surface area (Å²) in [6.07, 6.45) is -1.24. The fourth-order valence-corrected chi connectivity index (χ4v) is 9.98. The van der Waals surface area contributed by atoms with Gasteiger partial charge in [0, 0.05) is 12.3 Å². The van der Waals surface area contributed by atoms with Gasteiger partial charge >= 0.3 is 5.97 Å². The minimum absolute atomic E-state index is 0.0164. The van der Waals surface area contributed by atoms with Gasteiger partial charge in [-0.2, -0.15) is 0 Å². The van der Waals surface area contributed by atoms with Gasteiger partial charge in [0.1, 0.15) is 11.7 Å². The van der Waals surface area contributed by atoms with Crippen molar-refractivity contribution in [3.05, 3.63) is 168 Å². The molecule has 1 aromatic heterocycles. The molecule has 50 heavy (non-hydrogen) atoms. The molecule has 7 rings (SSSR count). The van der Waals surface area contributed by atoms with Crippen LogP contribution in [0.4, 0.5) is 0 Å². The zero-order chi connectivity index (χ0) is 34.9. The molecule has 1 amide bonds. The van der Waals surface area contributed by atoms with E-state index in [9.17, 15) is 18.0 Å². The highest BCUT2D eigenvalue weighted by Crippen LogP contribution is 2.54. The summed E-state index contributed by atoms with van der Waals surface area (Å²) < 4.78 is 40.6. The Bertz CT molecular complexity index is 2160. The van der Waals surface area contributed by atoms with Crippen molar-refractivity contribution in [2.24, 2.45) is 5.92 Å². The summed E-state index contributed by atoms with van der Waals surface area (Å²) in [6.45, 7) is 1.26. The maximum Gasteiger partial charge on any atom is 0.303 e. The molecular weight excluding hydrogens is 669 g/mol. The number of nitrogens with zero attached hydrogens (tertiary/aromatic N) is 1. The normalized spacial score (nSPS) is 16.6. The van der Waals surface area contributed by atoms with Gasteiger partial charge in [0.25, 0.3) is 10.0 Å². The van der Waals surface area contributed by atoms with Crippen molar-refractivity contribution in [1.82, 2.24) is 9.29 Å². The van der Waals surface area contributed by atoms with Crippen LogP contribution in [0.3, 0.4) is 0 Å². The molecule has 0 aliphatic carbocycles. The van der Waals surface area contributed by atoms with Crippen LogP contribution >= 0.6 is 11.8 Å². The van der Waals surface area contributed by atoms with Crippen molar-refractivity contribution in [2.45, 2.75) is 28.0 Å². The summed E-state index contributed by atoms with van der Waals surface area (Å²) in [5.74, 6) is -1.43. The lowest BCUT2D eigenvalue weighted by molar-refractivity contribution is -0.156. The largest absolute Gasteiger partial charge is 0.497 e. The zero-order valence-electron chi connectivity index (χ0n) is 27.3. The molecule has 1 fully saturated rings. The van der Waals surface area contributed by atoms with Crippen LogP contribution in [0.25, 0.3) is 10.9 Å². The Kier molecular flexibility index (Phi) is 8.98. The van der Waals surface area contributed by atoms with Gasteiger partial charge in [-0.1, -0.05) is 109 Å². The number of β-lactam (4-membered cyclic amide) rings is 1. The maximum atomic E-state index is 14.5. The van der Waals surface area contributed by atoms with E-state index in [4.69, 9.17) is 9.47 Å². The molecule has 1 aliphatic heterocycles. The zero-order valence-corrected chi connectivity index (χ0v) is 28.9. The van der Waals surface area contributed by atoms with Crippen LogP contribution in [0.1, 0.15) is 35.4 Å². The Labute approximate surface area is 295 Å². The number of para-hydroxylation sites is 1. The third-order valence-corrected chi connectivity index (χ3v) is 12.4. The van der Waals surface area contributed by atoms with E-state index in [2.05, 4.69) is 41.7 Å². The molecule has 2 heterocycles. The van der Waals surface area contributed by atoms with E-state index >= 15 is 0 Å². The van der Waals surface area contributed by atoms with E-state index in [0.29, 0.717) is 16.7 Å². The SMILES string of the molecule is COc1ccc(S(=O)(=O)n2c(C(OC(C)=O)C3C(=O)NC3SC(c3ccccc3)(c3ccccc3)c3ccccc3)cc3ccccc32)cc1. The molecule has 3 unspecified atom stereocenters. The number of nitrogens with one attached hydrogen (secondary N) is 1. The van der Waals surface area contributed by atoms with Gasteiger partial charge in [0.2, 0.25) is 5.91 Å². The number of methoxy groups -OCH3 is 1. The molecule has 0 bridgehead atoms. The van der Waals surface area contributed by atoms with Crippen molar-refractivity contribution in [1.29, 1.82) is 0 Å². The standard InChI is InChI=1S/C40H34N2O6S2/c1-27(43)48-37(35-26-28-14-12-13-21-34(28)42(35)50(45,46)33-24-22-32(47-2)23-25-33)36-38(44)41-39(36)49-40(29-15-6-3-7-16-29,30-17-8-4-9-18-30)31-19-10-5-11-20-31/h3-26,36-37,39H,1-2H3,(H,41,44). The number of aromatic nitrogens is 1. The number of benzene rings is 5.